The van der Waals surface area contributed by atoms with Crippen molar-refractivity contribution in [1.82, 2.24) is 4.90 Å². The second-order valence-electron chi connectivity index (χ2n) is 5.18. The Kier molecular flexibility index (Phi) is 4.44. The first-order valence-corrected chi connectivity index (χ1v) is 7.46. The van der Waals surface area contributed by atoms with Crippen LogP contribution < -0.4 is 0 Å². The van der Waals surface area contributed by atoms with E-state index in [1.54, 1.807) is 0 Å². The second kappa shape index (κ2) is 5.87. The minimum Gasteiger partial charge on any atom is -0.338 e. The van der Waals surface area contributed by atoms with Crippen molar-refractivity contribution in [2.45, 2.75) is 33.1 Å². The number of hydrogen-bond donors (Lipinski definition) is 0. The maximum Gasteiger partial charge on any atom is 0.255 e. The predicted molar refractivity (Wildman–Crippen MR) is 77.8 cm³/mol. The highest BCUT2D eigenvalue weighted by Crippen LogP contribution is 2.30. The van der Waals surface area contributed by atoms with Crippen LogP contribution in [0.1, 0.15) is 42.1 Å². The van der Waals surface area contributed by atoms with Crippen molar-refractivity contribution in [1.29, 1.82) is 0 Å². The number of hydrogen-bond acceptors (Lipinski definition) is 1. The topological polar surface area (TPSA) is 20.3 Å². The average Bonchev–Trinajstić information content (AvgIpc) is 3.11. The number of benzene rings is 1. The molecule has 1 amide bonds. The lowest BCUT2D eigenvalue weighted by molar-refractivity contribution is 0.0747. The van der Waals surface area contributed by atoms with Gasteiger partial charge in [-0.25, -0.2) is 0 Å². The number of carbonyl (C=O) groups is 1. The number of nitrogens with zero attached hydrogens (tertiary/aromatic N) is 1. The maximum absolute atomic E-state index is 12.5. The van der Waals surface area contributed by atoms with Crippen molar-refractivity contribution in [2.75, 3.05) is 13.1 Å². The summed E-state index contributed by atoms with van der Waals surface area (Å²) in [5.74, 6) is 0.903. The van der Waals surface area contributed by atoms with Gasteiger partial charge in [0, 0.05) is 17.6 Å². The zero-order valence-electron chi connectivity index (χ0n) is 11.1. The normalized spacial score (nSPS) is 14.6. The molecule has 0 N–H and O–H groups in total. The Hall–Kier alpha value is -0.830. The Morgan fingerprint density at radius 3 is 2.72 bits per heavy atom. The molecule has 0 unspecified atom stereocenters. The molecule has 1 saturated carbocycles. The molecule has 0 spiro atoms. The quantitative estimate of drug-likeness (QED) is 0.804. The predicted octanol–water partition coefficient (Wildman–Crippen LogP) is 4.02. The molecule has 0 aliphatic heterocycles. The van der Waals surface area contributed by atoms with E-state index in [4.69, 9.17) is 0 Å². The third-order valence-corrected chi connectivity index (χ3v) is 3.97. The first-order chi connectivity index (χ1) is 8.61. The number of halogens is 1. The molecule has 1 aliphatic rings. The highest BCUT2D eigenvalue weighted by molar-refractivity contribution is 9.10. The standard InChI is InChI=1S/C15H20BrNO/c1-3-8-17(10-12-5-6-12)15(18)13-7-4-11(2)9-14(13)16/h4,7,9,12H,3,5-6,8,10H2,1-2H3. The lowest BCUT2D eigenvalue weighted by Gasteiger charge is -2.22. The number of aryl methyl sites for hydroxylation is 1. The van der Waals surface area contributed by atoms with Crippen LogP contribution in [0.5, 0.6) is 0 Å². The average molecular weight is 310 g/mol. The van der Waals surface area contributed by atoms with E-state index in [0.29, 0.717) is 0 Å². The van der Waals surface area contributed by atoms with Gasteiger partial charge in [0.1, 0.15) is 0 Å². The zero-order valence-corrected chi connectivity index (χ0v) is 12.7. The molecule has 1 aromatic rings. The third-order valence-electron chi connectivity index (χ3n) is 3.31. The van der Waals surface area contributed by atoms with E-state index in [-0.39, 0.29) is 5.91 Å². The number of rotatable bonds is 5. The molecular weight excluding hydrogens is 290 g/mol. The summed E-state index contributed by atoms with van der Waals surface area (Å²) in [6, 6.07) is 5.94. The van der Waals surface area contributed by atoms with Crippen LogP contribution in [0.4, 0.5) is 0 Å². The highest BCUT2D eigenvalue weighted by atomic mass is 79.9. The fourth-order valence-electron chi connectivity index (χ4n) is 2.12. The van der Waals surface area contributed by atoms with Gasteiger partial charge < -0.3 is 4.90 Å². The Bertz CT molecular complexity index is 440. The molecule has 0 saturated heterocycles. The van der Waals surface area contributed by atoms with Gasteiger partial charge in [0.2, 0.25) is 0 Å². The summed E-state index contributed by atoms with van der Waals surface area (Å²) in [5, 5.41) is 0. The third kappa shape index (κ3) is 3.35. The molecule has 0 bridgehead atoms. The smallest absolute Gasteiger partial charge is 0.255 e. The fraction of sp³-hybridized carbons (Fsp3) is 0.533. The molecule has 3 heteroatoms. The maximum atomic E-state index is 12.5. The van der Waals surface area contributed by atoms with E-state index < -0.39 is 0 Å². The summed E-state index contributed by atoms with van der Waals surface area (Å²) >= 11 is 3.50. The van der Waals surface area contributed by atoms with E-state index in [0.717, 1.165) is 35.5 Å². The van der Waals surface area contributed by atoms with E-state index >= 15 is 0 Å². The Morgan fingerprint density at radius 2 is 2.17 bits per heavy atom. The lowest BCUT2D eigenvalue weighted by Crippen LogP contribution is -2.33. The summed E-state index contributed by atoms with van der Waals surface area (Å²) in [6.45, 7) is 5.94. The summed E-state index contributed by atoms with van der Waals surface area (Å²) in [4.78, 5) is 14.5. The molecule has 2 nitrogen and oxygen atoms in total. The van der Waals surface area contributed by atoms with Gasteiger partial charge in [-0.05, 0) is 65.7 Å². The summed E-state index contributed by atoms with van der Waals surface area (Å²) in [5.41, 5.74) is 1.96. The van der Waals surface area contributed by atoms with Gasteiger partial charge in [-0.15, -0.1) is 0 Å². The van der Waals surface area contributed by atoms with E-state index in [2.05, 4.69) is 22.9 Å². The van der Waals surface area contributed by atoms with Crippen LogP contribution in [0.15, 0.2) is 22.7 Å². The molecule has 0 heterocycles. The minimum absolute atomic E-state index is 0.163. The fourth-order valence-corrected chi connectivity index (χ4v) is 2.78. The second-order valence-corrected chi connectivity index (χ2v) is 6.03. The van der Waals surface area contributed by atoms with Crippen LogP contribution in [0, 0.1) is 12.8 Å². The number of amides is 1. The molecule has 1 fully saturated rings. The van der Waals surface area contributed by atoms with Crippen molar-refractivity contribution in [3.8, 4) is 0 Å². The first kappa shape index (κ1) is 13.6. The van der Waals surface area contributed by atoms with Crippen LogP contribution in [0.3, 0.4) is 0 Å². The van der Waals surface area contributed by atoms with E-state index in [9.17, 15) is 4.79 Å². The van der Waals surface area contributed by atoms with Crippen LogP contribution in [0.25, 0.3) is 0 Å². The van der Waals surface area contributed by atoms with Gasteiger partial charge in [0.05, 0.1) is 5.56 Å². The molecule has 2 rings (SSSR count). The Balaban J connectivity index is 2.15. The van der Waals surface area contributed by atoms with E-state index in [1.807, 2.05) is 30.0 Å². The summed E-state index contributed by atoms with van der Waals surface area (Å²) in [7, 11) is 0. The van der Waals surface area contributed by atoms with Gasteiger partial charge in [0.15, 0.2) is 0 Å². The Morgan fingerprint density at radius 1 is 1.44 bits per heavy atom. The first-order valence-electron chi connectivity index (χ1n) is 6.67. The van der Waals surface area contributed by atoms with Crippen LogP contribution in [-0.2, 0) is 0 Å². The summed E-state index contributed by atoms with van der Waals surface area (Å²) in [6.07, 6.45) is 3.58. The van der Waals surface area contributed by atoms with Crippen molar-refractivity contribution in [3.05, 3.63) is 33.8 Å². The van der Waals surface area contributed by atoms with Crippen molar-refractivity contribution < 1.29 is 4.79 Å². The van der Waals surface area contributed by atoms with Crippen molar-refractivity contribution in [3.63, 3.8) is 0 Å². The molecule has 18 heavy (non-hydrogen) atoms. The van der Waals surface area contributed by atoms with Gasteiger partial charge in [-0.1, -0.05) is 13.0 Å². The highest BCUT2D eigenvalue weighted by Gasteiger charge is 2.27. The van der Waals surface area contributed by atoms with Gasteiger partial charge in [-0.2, -0.15) is 0 Å². The lowest BCUT2D eigenvalue weighted by atomic mass is 10.1. The van der Waals surface area contributed by atoms with Crippen LogP contribution in [0.2, 0.25) is 0 Å². The Labute approximate surface area is 117 Å². The largest absolute Gasteiger partial charge is 0.338 e. The SMILES string of the molecule is CCCN(CC1CC1)C(=O)c1ccc(C)cc1Br. The van der Waals surface area contributed by atoms with Crippen molar-refractivity contribution in [2.24, 2.45) is 5.92 Å². The molecule has 0 aromatic heterocycles. The van der Waals surface area contributed by atoms with Gasteiger partial charge in [-0.3, -0.25) is 4.79 Å². The monoisotopic (exact) mass is 309 g/mol. The summed E-state index contributed by atoms with van der Waals surface area (Å²) < 4.78 is 0.907. The van der Waals surface area contributed by atoms with Gasteiger partial charge >= 0.3 is 0 Å². The molecule has 1 aromatic carbocycles. The molecule has 0 atom stereocenters. The molecule has 0 radical (unpaired) electrons. The minimum atomic E-state index is 0.163. The molecule has 98 valence electrons. The van der Waals surface area contributed by atoms with Gasteiger partial charge in [0.25, 0.3) is 5.91 Å². The number of carbonyl (C=O) groups excluding carboxylic acids is 1. The molecular formula is C15H20BrNO. The molecule has 1 aliphatic carbocycles. The van der Waals surface area contributed by atoms with E-state index in [1.165, 1.54) is 18.4 Å². The van der Waals surface area contributed by atoms with Crippen LogP contribution >= 0.6 is 15.9 Å². The zero-order chi connectivity index (χ0) is 13.1. The van der Waals surface area contributed by atoms with Crippen LogP contribution in [-0.4, -0.2) is 23.9 Å². The van der Waals surface area contributed by atoms with Crippen molar-refractivity contribution >= 4 is 21.8 Å².